The zero-order chi connectivity index (χ0) is 30.3. The fourth-order valence-electron chi connectivity index (χ4n) is 5.55. The molecule has 2 aliphatic heterocycles. The molecule has 4 aromatic rings. The summed E-state index contributed by atoms with van der Waals surface area (Å²) in [6.45, 7) is 7.45. The predicted molar refractivity (Wildman–Crippen MR) is 183 cm³/mol. The number of esters is 2. The molecule has 2 fully saturated rings. The van der Waals surface area contributed by atoms with E-state index < -0.39 is 0 Å². The Hall–Kier alpha value is -2.96. The molecular formula is C37H44O4S2+2. The number of carbonyl (C=O) groups excluding carboxylic acids is 2. The van der Waals surface area contributed by atoms with Crippen LogP contribution < -0.4 is 9.47 Å². The number of hydrogen-bond acceptors (Lipinski definition) is 4. The Morgan fingerprint density at radius 2 is 0.860 bits per heavy atom. The quantitative estimate of drug-likeness (QED) is 0.124. The number of carbonyl (C=O) groups is 2. The van der Waals surface area contributed by atoms with Gasteiger partial charge in [-0.3, -0.25) is 9.59 Å². The van der Waals surface area contributed by atoms with Crippen molar-refractivity contribution in [1.82, 2.24) is 0 Å². The lowest BCUT2D eigenvalue weighted by Gasteiger charge is -2.16. The first-order valence-corrected chi connectivity index (χ1v) is 18.8. The molecule has 0 aromatic heterocycles. The molecule has 43 heavy (non-hydrogen) atoms. The molecule has 0 N–H and O–H groups in total. The lowest BCUT2D eigenvalue weighted by Crippen LogP contribution is -2.18. The van der Waals surface area contributed by atoms with Crippen LogP contribution in [0.3, 0.4) is 0 Å². The molecule has 226 valence electrons. The zero-order valence-electron chi connectivity index (χ0n) is 25.9. The van der Waals surface area contributed by atoms with Crippen molar-refractivity contribution in [3.8, 4) is 11.5 Å². The molecule has 0 amide bonds. The van der Waals surface area contributed by atoms with E-state index in [1.807, 2.05) is 52.0 Å². The molecule has 0 aliphatic carbocycles. The number of fused-ring (bicyclic) bond motifs is 2. The van der Waals surface area contributed by atoms with E-state index in [0.29, 0.717) is 33.3 Å². The van der Waals surface area contributed by atoms with E-state index in [1.165, 1.54) is 75.7 Å². The maximum Gasteiger partial charge on any atom is 0.313 e. The van der Waals surface area contributed by atoms with Crippen LogP contribution >= 0.6 is 0 Å². The molecular weight excluding hydrogens is 573 g/mol. The standard InChI is InChI=1S/C19H23O2S.C18H21O2S/c1-14(2)19(20)21-17-10-11-18(22-12-6-3-7-13-22)16-9-5-4-8-15(16)17;1-13(2)18(19)20-16-9-10-17(21-11-5-6-12-21)15-8-4-3-7-14(15)16/h4-5,8-11,14H,3,6-7,12-13H2,1-2H3;3-4,7-10,13H,5-6,11-12H2,1-2H3/q2*+1. The zero-order valence-corrected chi connectivity index (χ0v) is 27.5. The van der Waals surface area contributed by atoms with E-state index in [9.17, 15) is 9.59 Å². The Morgan fingerprint density at radius 1 is 0.512 bits per heavy atom. The van der Waals surface area contributed by atoms with Gasteiger partial charge in [-0.15, -0.1) is 0 Å². The Bertz CT molecular complexity index is 1570. The van der Waals surface area contributed by atoms with Crippen molar-refractivity contribution in [1.29, 1.82) is 0 Å². The second kappa shape index (κ2) is 14.7. The van der Waals surface area contributed by atoms with Crippen LogP contribution in [0, 0.1) is 11.8 Å². The summed E-state index contributed by atoms with van der Waals surface area (Å²) in [5.74, 6) is 6.02. The topological polar surface area (TPSA) is 52.6 Å². The van der Waals surface area contributed by atoms with Crippen molar-refractivity contribution in [3.63, 3.8) is 0 Å². The maximum atomic E-state index is 11.9. The minimum absolute atomic E-state index is 0.111. The lowest BCUT2D eigenvalue weighted by molar-refractivity contribution is -0.138. The summed E-state index contributed by atoms with van der Waals surface area (Å²) in [5.41, 5.74) is 0. The molecule has 0 radical (unpaired) electrons. The molecule has 0 bridgehead atoms. The Labute approximate surface area is 262 Å². The van der Waals surface area contributed by atoms with E-state index in [0.717, 1.165) is 10.8 Å². The van der Waals surface area contributed by atoms with Crippen molar-refractivity contribution < 1.29 is 19.1 Å². The van der Waals surface area contributed by atoms with Gasteiger partial charge in [0.2, 0.25) is 0 Å². The second-order valence-corrected chi connectivity index (χ2v) is 16.4. The van der Waals surface area contributed by atoms with Crippen LogP contribution in [-0.4, -0.2) is 35.0 Å². The van der Waals surface area contributed by atoms with Gasteiger partial charge in [0.15, 0.2) is 9.79 Å². The minimum Gasteiger partial charge on any atom is -0.426 e. The lowest BCUT2D eigenvalue weighted by atomic mass is 10.1. The number of ether oxygens (including phenoxy) is 2. The van der Waals surface area contributed by atoms with Gasteiger partial charge in [-0.05, 0) is 68.5 Å². The SMILES string of the molecule is CC(C)C(=O)Oc1ccc([S+]2CCCC2)c2ccccc12.CC(C)C(=O)Oc1ccc([S+]2CCCCC2)c2ccccc12. The summed E-state index contributed by atoms with van der Waals surface area (Å²) in [6, 6.07) is 24.9. The third-order valence-corrected chi connectivity index (χ3v) is 13.1. The van der Waals surface area contributed by atoms with Crippen molar-refractivity contribution >= 4 is 55.3 Å². The van der Waals surface area contributed by atoms with Gasteiger partial charge in [-0.1, -0.05) is 64.1 Å². The van der Waals surface area contributed by atoms with Crippen LogP contribution in [0.1, 0.15) is 59.8 Å². The third-order valence-electron chi connectivity index (χ3n) is 7.99. The van der Waals surface area contributed by atoms with Gasteiger partial charge >= 0.3 is 11.9 Å². The van der Waals surface area contributed by atoms with E-state index in [-0.39, 0.29) is 23.8 Å². The minimum atomic E-state index is -0.170. The van der Waals surface area contributed by atoms with Crippen LogP contribution in [0.5, 0.6) is 11.5 Å². The summed E-state index contributed by atoms with van der Waals surface area (Å²) in [4.78, 5) is 26.7. The van der Waals surface area contributed by atoms with Crippen LogP contribution in [0.15, 0.2) is 82.6 Å². The first-order valence-electron chi connectivity index (χ1n) is 15.7. The molecule has 2 heterocycles. The van der Waals surface area contributed by atoms with Gasteiger partial charge in [0.25, 0.3) is 0 Å². The molecule has 2 saturated heterocycles. The predicted octanol–water partition coefficient (Wildman–Crippen LogP) is 8.73. The Morgan fingerprint density at radius 3 is 1.23 bits per heavy atom. The van der Waals surface area contributed by atoms with Gasteiger partial charge < -0.3 is 9.47 Å². The van der Waals surface area contributed by atoms with Crippen LogP contribution in [0.2, 0.25) is 0 Å². The largest absolute Gasteiger partial charge is 0.426 e. The summed E-state index contributed by atoms with van der Waals surface area (Å²) in [7, 11) is 0.712. The third kappa shape index (κ3) is 7.58. The van der Waals surface area contributed by atoms with Gasteiger partial charge in [-0.25, -0.2) is 0 Å². The smallest absolute Gasteiger partial charge is 0.313 e. The summed E-state index contributed by atoms with van der Waals surface area (Å²) < 4.78 is 11.2. The van der Waals surface area contributed by atoms with Gasteiger partial charge in [0, 0.05) is 43.3 Å². The Balaban J connectivity index is 0.000000171. The first kappa shape index (κ1) is 31.5. The highest BCUT2D eigenvalue weighted by atomic mass is 32.2. The highest BCUT2D eigenvalue weighted by Crippen LogP contribution is 2.36. The molecule has 0 spiro atoms. The van der Waals surface area contributed by atoms with Crippen LogP contribution in [-0.2, 0) is 31.4 Å². The van der Waals surface area contributed by atoms with Crippen LogP contribution in [0.4, 0.5) is 0 Å². The van der Waals surface area contributed by atoms with Crippen molar-refractivity contribution in [2.24, 2.45) is 11.8 Å². The first-order chi connectivity index (χ1) is 20.8. The Kier molecular flexibility index (Phi) is 10.7. The van der Waals surface area contributed by atoms with Gasteiger partial charge in [0.1, 0.15) is 34.5 Å². The molecule has 6 heteroatoms. The highest BCUT2D eigenvalue weighted by Gasteiger charge is 2.30. The number of rotatable bonds is 6. The number of benzene rings is 4. The maximum absolute atomic E-state index is 11.9. The highest BCUT2D eigenvalue weighted by molar-refractivity contribution is 7.97. The second-order valence-electron chi connectivity index (χ2n) is 11.9. The molecule has 4 nitrogen and oxygen atoms in total. The van der Waals surface area contributed by atoms with E-state index in [1.54, 1.807) is 0 Å². The summed E-state index contributed by atoms with van der Waals surface area (Å²) in [6.07, 6.45) is 6.71. The fourth-order valence-corrected chi connectivity index (χ4v) is 10.5. The molecule has 2 aliphatic rings. The summed E-state index contributed by atoms with van der Waals surface area (Å²) in [5, 5.41) is 4.62. The molecule has 0 saturated carbocycles. The normalized spacial score (nSPS) is 16.0. The molecule has 0 atom stereocenters. The van der Waals surface area contributed by atoms with Crippen molar-refractivity contribution in [2.45, 2.75) is 69.6 Å². The van der Waals surface area contributed by atoms with Gasteiger partial charge in [-0.2, -0.15) is 0 Å². The molecule has 0 unspecified atom stereocenters. The number of hydrogen-bond donors (Lipinski definition) is 0. The van der Waals surface area contributed by atoms with E-state index in [2.05, 4.69) is 48.5 Å². The average molecular weight is 617 g/mol. The molecule has 4 aromatic carbocycles. The van der Waals surface area contributed by atoms with E-state index >= 15 is 0 Å². The van der Waals surface area contributed by atoms with Gasteiger partial charge in [0.05, 0.1) is 11.8 Å². The molecule has 6 rings (SSSR count). The van der Waals surface area contributed by atoms with E-state index in [4.69, 9.17) is 9.47 Å². The fraction of sp³-hybridized carbons (Fsp3) is 0.405. The van der Waals surface area contributed by atoms with Crippen LogP contribution in [0.25, 0.3) is 21.5 Å². The monoisotopic (exact) mass is 616 g/mol. The summed E-state index contributed by atoms with van der Waals surface area (Å²) >= 11 is 0. The van der Waals surface area contributed by atoms with Crippen molar-refractivity contribution in [2.75, 3.05) is 23.0 Å². The average Bonchev–Trinajstić information content (AvgIpc) is 3.57. The van der Waals surface area contributed by atoms with Crippen molar-refractivity contribution in [3.05, 3.63) is 72.8 Å².